The summed E-state index contributed by atoms with van der Waals surface area (Å²) in [4.78, 5) is 11.6. The first kappa shape index (κ1) is 17.8. The fourth-order valence-electron chi connectivity index (χ4n) is 2.21. The van der Waals surface area contributed by atoms with Gasteiger partial charge in [0.15, 0.2) is 0 Å². The molecule has 0 heterocycles. The van der Waals surface area contributed by atoms with Gasteiger partial charge in [-0.1, -0.05) is 66.7 Å². The van der Waals surface area contributed by atoms with E-state index in [-0.39, 0.29) is 6.61 Å². The number of alkyl carbamates (subject to hydrolysis) is 1. The molecule has 2 aromatic carbocycles. The largest absolute Gasteiger partial charge is 0.445 e. The van der Waals surface area contributed by atoms with Gasteiger partial charge in [-0.15, -0.1) is 0 Å². The van der Waals surface area contributed by atoms with Crippen LogP contribution < -0.4 is 11.1 Å². The summed E-state index contributed by atoms with van der Waals surface area (Å²) in [5.74, 6) is 0. The van der Waals surface area contributed by atoms with Crippen LogP contribution in [0.25, 0.3) is 6.08 Å². The minimum absolute atomic E-state index is 0.289. The Kier molecular flexibility index (Phi) is 7.57. The molecule has 1 amide bonds. The number of benzene rings is 2. The predicted molar refractivity (Wildman–Crippen MR) is 97.5 cm³/mol. The molecule has 0 radical (unpaired) electrons. The minimum atomic E-state index is -0.390. The number of nitrogens with two attached hydrogens (primary N) is 1. The lowest BCUT2D eigenvalue weighted by Gasteiger charge is -2.05. The van der Waals surface area contributed by atoms with Gasteiger partial charge in [0.2, 0.25) is 0 Å². The molecule has 2 rings (SSSR count). The summed E-state index contributed by atoms with van der Waals surface area (Å²) in [5.41, 5.74) is 8.90. The molecular formula is C20H24N2O2. The first-order chi connectivity index (χ1) is 11.8. The second-order valence-corrected chi connectivity index (χ2v) is 5.46. The van der Waals surface area contributed by atoms with Gasteiger partial charge in [-0.05, 0) is 36.1 Å². The number of hydrogen-bond donors (Lipinski definition) is 2. The van der Waals surface area contributed by atoms with Crippen molar-refractivity contribution in [1.29, 1.82) is 0 Å². The fourth-order valence-corrected chi connectivity index (χ4v) is 2.21. The van der Waals surface area contributed by atoms with E-state index in [4.69, 9.17) is 10.5 Å². The Labute approximate surface area is 143 Å². The lowest BCUT2D eigenvalue weighted by Crippen LogP contribution is -2.24. The van der Waals surface area contributed by atoms with E-state index in [1.54, 1.807) is 0 Å². The molecule has 0 saturated carbocycles. The highest BCUT2D eigenvalue weighted by atomic mass is 16.5. The minimum Gasteiger partial charge on any atom is -0.445 e. The van der Waals surface area contributed by atoms with Gasteiger partial charge < -0.3 is 15.8 Å². The van der Waals surface area contributed by atoms with Crippen molar-refractivity contribution < 1.29 is 9.53 Å². The molecule has 0 saturated heterocycles. The number of carbonyl (C=O) groups is 1. The highest BCUT2D eigenvalue weighted by Crippen LogP contribution is 2.07. The Bertz CT molecular complexity index is 636. The van der Waals surface area contributed by atoms with Gasteiger partial charge in [-0.25, -0.2) is 4.79 Å². The van der Waals surface area contributed by atoms with Crippen molar-refractivity contribution in [2.45, 2.75) is 19.4 Å². The van der Waals surface area contributed by atoms with Gasteiger partial charge in [-0.3, -0.25) is 0 Å². The van der Waals surface area contributed by atoms with Gasteiger partial charge in [0.05, 0.1) is 0 Å². The Hall–Kier alpha value is -2.59. The molecule has 0 fully saturated rings. The lowest BCUT2D eigenvalue weighted by molar-refractivity contribution is 0.140. The molecule has 0 aliphatic rings. The summed E-state index contributed by atoms with van der Waals surface area (Å²) in [6.07, 6.45) is 5.35. The van der Waals surface area contributed by atoms with Crippen molar-refractivity contribution in [2.75, 3.05) is 13.1 Å². The molecule has 3 N–H and O–H groups in total. The summed E-state index contributed by atoms with van der Waals surface area (Å²) in [6.45, 7) is 1.51. The number of rotatable bonds is 8. The zero-order valence-electron chi connectivity index (χ0n) is 13.8. The molecule has 0 bridgehead atoms. The van der Waals surface area contributed by atoms with Gasteiger partial charge in [0, 0.05) is 6.54 Å². The van der Waals surface area contributed by atoms with Crippen LogP contribution in [-0.4, -0.2) is 19.2 Å². The second-order valence-electron chi connectivity index (χ2n) is 5.46. The Morgan fingerprint density at radius 1 is 1.04 bits per heavy atom. The molecule has 0 aliphatic heterocycles. The monoisotopic (exact) mass is 324 g/mol. The standard InChI is InChI=1S/C20H24N2O2/c21-14-13-18-11-9-17(10-12-18)6-4-5-15-22-20(23)24-16-19-7-2-1-3-8-19/h1-4,6-12H,5,13-16,21H2,(H,22,23). The summed E-state index contributed by atoms with van der Waals surface area (Å²) in [6, 6.07) is 17.9. The van der Waals surface area contributed by atoms with Crippen LogP contribution in [0.4, 0.5) is 4.79 Å². The SMILES string of the molecule is NCCc1ccc(C=CCCNC(=O)OCc2ccccc2)cc1. The molecule has 24 heavy (non-hydrogen) atoms. The molecule has 0 unspecified atom stereocenters. The molecule has 4 nitrogen and oxygen atoms in total. The highest BCUT2D eigenvalue weighted by Gasteiger charge is 2.00. The van der Waals surface area contributed by atoms with Gasteiger partial charge in [0.25, 0.3) is 0 Å². The van der Waals surface area contributed by atoms with Crippen LogP contribution in [0.15, 0.2) is 60.7 Å². The summed E-state index contributed by atoms with van der Waals surface area (Å²) >= 11 is 0. The van der Waals surface area contributed by atoms with Crippen molar-refractivity contribution in [3.8, 4) is 0 Å². The lowest BCUT2D eigenvalue weighted by atomic mass is 10.1. The van der Waals surface area contributed by atoms with Crippen molar-refractivity contribution in [3.05, 3.63) is 77.4 Å². The number of amides is 1. The van der Waals surface area contributed by atoms with E-state index in [9.17, 15) is 4.79 Å². The average Bonchev–Trinajstić information content (AvgIpc) is 2.62. The number of ether oxygens (including phenoxy) is 1. The molecule has 2 aromatic rings. The molecule has 0 spiro atoms. The van der Waals surface area contributed by atoms with E-state index in [1.807, 2.05) is 42.5 Å². The third kappa shape index (κ3) is 6.67. The summed E-state index contributed by atoms with van der Waals surface area (Å²) in [5, 5.41) is 2.74. The number of nitrogens with one attached hydrogen (secondary N) is 1. The molecule has 0 aliphatic carbocycles. The molecular weight excluding hydrogens is 300 g/mol. The van der Waals surface area contributed by atoms with E-state index in [2.05, 4.69) is 29.6 Å². The Morgan fingerprint density at radius 3 is 2.50 bits per heavy atom. The molecule has 126 valence electrons. The van der Waals surface area contributed by atoms with Crippen LogP contribution in [0, 0.1) is 0 Å². The number of hydrogen-bond acceptors (Lipinski definition) is 3. The van der Waals surface area contributed by atoms with Crippen LogP contribution >= 0.6 is 0 Å². The quantitative estimate of drug-likeness (QED) is 0.730. The van der Waals surface area contributed by atoms with Gasteiger partial charge in [0.1, 0.15) is 6.61 Å². The predicted octanol–water partition coefficient (Wildman–Crippen LogP) is 3.52. The zero-order chi connectivity index (χ0) is 17.0. The Morgan fingerprint density at radius 2 is 1.79 bits per heavy atom. The van der Waals surface area contributed by atoms with E-state index in [0.29, 0.717) is 13.1 Å². The van der Waals surface area contributed by atoms with Gasteiger partial charge in [-0.2, -0.15) is 0 Å². The Balaban J connectivity index is 1.62. The van der Waals surface area contributed by atoms with Crippen LogP contribution in [0.1, 0.15) is 23.1 Å². The second kappa shape index (κ2) is 10.2. The van der Waals surface area contributed by atoms with E-state index < -0.39 is 6.09 Å². The normalized spacial score (nSPS) is 10.7. The zero-order valence-corrected chi connectivity index (χ0v) is 13.8. The summed E-state index contributed by atoms with van der Waals surface area (Å²) < 4.78 is 5.14. The van der Waals surface area contributed by atoms with E-state index in [1.165, 1.54) is 5.56 Å². The van der Waals surface area contributed by atoms with Crippen molar-refractivity contribution in [3.63, 3.8) is 0 Å². The maximum absolute atomic E-state index is 11.6. The first-order valence-electron chi connectivity index (χ1n) is 8.18. The van der Waals surface area contributed by atoms with E-state index in [0.717, 1.165) is 24.0 Å². The van der Waals surface area contributed by atoms with Crippen molar-refractivity contribution in [2.24, 2.45) is 5.73 Å². The maximum Gasteiger partial charge on any atom is 0.407 e. The third-order valence-electron chi connectivity index (χ3n) is 3.52. The first-order valence-corrected chi connectivity index (χ1v) is 8.18. The van der Waals surface area contributed by atoms with Crippen LogP contribution in [-0.2, 0) is 17.8 Å². The van der Waals surface area contributed by atoms with Crippen molar-refractivity contribution >= 4 is 12.2 Å². The van der Waals surface area contributed by atoms with Crippen LogP contribution in [0.2, 0.25) is 0 Å². The maximum atomic E-state index is 11.6. The third-order valence-corrected chi connectivity index (χ3v) is 3.52. The smallest absolute Gasteiger partial charge is 0.407 e. The van der Waals surface area contributed by atoms with Crippen LogP contribution in [0.5, 0.6) is 0 Å². The van der Waals surface area contributed by atoms with Crippen molar-refractivity contribution in [1.82, 2.24) is 5.32 Å². The van der Waals surface area contributed by atoms with Crippen LogP contribution in [0.3, 0.4) is 0 Å². The number of carbonyl (C=O) groups excluding carboxylic acids is 1. The molecule has 0 aromatic heterocycles. The average molecular weight is 324 g/mol. The van der Waals surface area contributed by atoms with Gasteiger partial charge >= 0.3 is 6.09 Å². The summed E-state index contributed by atoms with van der Waals surface area (Å²) in [7, 11) is 0. The highest BCUT2D eigenvalue weighted by molar-refractivity contribution is 5.67. The van der Waals surface area contributed by atoms with E-state index >= 15 is 0 Å². The fraction of sp³-hybridized carbons (Fsp3) is 0.250. The molecule has 4 heteroatoms. The molecule has 0 atom stereocenters. The topological polar surface area (TPSA) is 64.3 Å².